The van der Waals surface area contributed by atoms with Gasteiger partial charge in [-0.3, -0.25) is 9.69 Å². The first-order chi connectivity index (χ1) is 12.2. The van der Waals surface area contributed by atoms with Gasteiger partial charge < -0.3 is 9.15 Å². The van der Waals surface area contributed by atoms with Crippen molar-refractivity contribution in [3.05, 3.63) is 52.7 Å². The van der Waals surface area contributed by atoms with E-state index in [9.17, 15) is 4.79 Å². The molecule has 0 saturated carbocycles. The fourth-order valence-electron chi connectivity index (χ4n) is 2.72. The molecule has 0 spiro atoms. The first-order valence-corrected chi connectivity index (χ1v) is 8.50. The minimum atomic E-state index is -0.0800. The van der Waals surface area contributed by atoms with Crippen LogP contribution in [0.15, 0.2) is 51.7 Å². The van der Waals surface area contributed by atoms with Crippen molar-refractivity contribution in [1.82, 2.24) is 4.90 Å². The van der Waals surface area contributed by atoms with Crippen molar-refractivity contribution in [2.75, 3.05) is 26.2 Å². The zero-order valence-corrected chi connectivity index (χ0v) is 14.5. The van der Waals surface area contributed by atoms with E-state index in [1.807, 2.05) is 18.2 Å². The predicted octanol–water partition coefficient (Wildman–Crippen LogP) is 3.67. The summed E-state index contributed by atoms with van der Waals surface area (Å²) in [6.45, 7) is 7.14. The molecule has 0 N–H and O–H groups in total. The molecule has 25 heavy (non-hydrogen) atoms. The first kappa shape index (κ1) is 17.1. The number of ether oxygens (including phenoxy) is 1. The van der Waals surface area contributed by atoms with Gasteiger partial charge in [-0.2, -0.15) is 0 Å². The molecule has 3 aromatic rings. The Bertz CT molecular complexity index is 991. The maximum absolute atomic E-state index is 12.8. The van der Waals surface area contributed by atoms with E-state index < -0.39 is 0 Å². The Morgan fingerprint density at radius 2 is 1.76 bits per heavy atom. The minimum Gasteiger partial charge on any atom is -0.480 e. The molecule has 1 heterocycles. The summed E-state index contributed by atoms with van der Waals surface area (Å²) in [4.78, 5) is 15.0. The van der Waals surface area contributed by atoms with Crippen LogP contribution in [-0.2, 0) is 0 Å². The number of rotatable bonds is 5. The van der Waals surface area contributed by atoms with Crippen molar-refractivity contribution in [1.29, 1.82) is 0 Å². The van der Waals surface area contributed by atoms with Gasteiger partial charge in [-0.25, -0.2) is 0 Å². The van der Waals surface area contributed by atoms with Gasteiger partial charge in [0.1, 0.15) is 28.9 Å². The molecule has 0 bridgehead atoms. The molecule has 0 aliphatic heterocycles. The maximum atomic E-state index is 12.8. The molecule has 0 aliphatic carbocycles. The number of benzene rings is 2. The van der Waals surface area contributed by atoms with E-state index >= 15 is 0 Å². The molecule has 1 aromatic heterocycles. The average molecular weight is 335 g/mol. The fourth-order valence-corrected chi connectivity index (χ4v) is 2.72. The monoisotopic (exact) mass is 335 g/mol. The standard InChI is InChI=1S/C21H21NO3/c1-3-22(4-2)14-7-8-15-24-18-12-9-13-19-20(18)21(23)16-10-5-6-11-17(16)25-19/h5-6,9-13H,3-4,14-15H2,1-2H3. The van der Waals surface area contributed by atoms with Crippen molar-refractivity contribution >= 4 is 21.9 Å². The van der Waals surface area contributed by atoms with E-state index in [0.717, 1.165) is 19.6 Å². The van der Waals surface area contributed by atoms with Crippen LogP contribution in [0.1, 0.15) is 13.8 Å². The van der Waals surface area contributed by atoms with Crippen LogP contribution in [-0.4, -0.2) is 31.1 Å². The predicted molar refractivity (Wildman–Crippen MR) is 101 cm³/mol. The van der Waals surface area contributed by atoms with Crippen molar-refractivity contribution in [2.45, 2.75) is 13.8 Å². The summed E-state index contributed by atoms with van der Waals surface area (Å²) >= 11 is 0. The highest BCUT2D eigenvalue weighted by molar-refractivity contribution is 5.93. The topological polar surface area (TPSA) is 42.7 Å². The fraction of sp³-hybridized carbons (Fsp3) is 0.286. The van der Waals surface area contributed by atoms with Gasteiger partial charge in [-0.05, 0) is 37.4 Å². The molecule has 0 atom stereocenters. The highest BCUT2D eigenvalue weighted by atomic mass is 16.5. The molecule has 0 unspecified atom stereocenters. The largest absolute Gasteiger partial charge is 0.480 e. The molecule has 128 valence electrons. The maximum Gasteiger partial charge on any atom is 0.204 e. The van der Waals surface area contributed by atoms with Gasteiger partial charge in [-0.15, -0.1) is 0 Å². The molecule has 0 fully saturated rings. The Kier molecular flexibility index (Phi) is 5.37. The molecule has 4 nitrogen and oxygen atoms in total. The lowest BCUT2D eigenvalue weighted by atomic mass is 10.1. The quantitative estimate of drug-likeness (QED) is 0.527. The Balaban J connectivity index is 1.86. The highest BCUT2D eigenvalue weighted by Crippen LogP contribution is 2.25. The van der Waals surface area contributed by atoms with Crippen LogP contribution in [0.4, 0.5) is 0 Å². The average Bonchev–Trinajstić information content (AvgIpc) is 2.65. The van der Waals surface area contributed by atoms with Crippen LogP contribution in [0.3, 0.4) is 0 Å². The number of nitrogens with zero attached hydrogens (tertiary/aromatic N) is 1. The highest BCUT2D eigenvalue weighted by Gasteiger charge is 2.11. The number of fused-ring (bicyclic) bond motifs is 2. The summed E-state index contributed by atoms with van der Waals surface area (Å²) in [6, 6.07) is 12.6. The first-order valence-electron chi connectivity index (χ1n) is 8.50. The summed E-state index contributed by atoms with van der Waals surface area (Å²) < 4.78 is 11.6. The van der Waals surface area contributed by atoms with Crippen LogP contribution in [0.5, 0.6) is 5.75 Å². The zero-order valence-electron chi connectivity index (χ0n) is 14.5. The van der Waals surface area contributed by atoms with Crippen LogP contribution >= 0.6 is 0 Å². The van der Waals surface area contributed by atoms with Crippen molar-refractivity contribution in [3.63, 3.8) is 0 Å². The van der Waals surface area contributed by atoms with E-state index in [2.05, 4.69) is 30.6 Å². The molecule has 0 amide bonds. The summed E-state index contributed by atoms with van der Waals surface area (Å²) in [5.41, 5.74) is 1.03. The lowest BCUT2D eigenvalue weighted by molar-refractivity contribution is 0.341. The molecule has 0 radical (unpaired) electrons. The van der Waals surface area contributed by atoms with Gasteiger partial charge in [0.05, 0.1) is 11.9 Å². The second-order valence-electron chi connectivity index (χ2n) is 5.66. The number of hydrogen-bond acceptors (Lipinski definition) is 4. The molecule has 0 aliphatic rings. The van der Waals surface area contributed by atoms with Gasteiger partial charge in [-0.1, -0.05) is 43.9 Å². The zero-order chi connectivity index (χ0) is 17.6. The second kappa shape index (κ2) is 7.87. The van der Waals surface area contributed by atoms with E-state index in [4.69, 9.17) is 9.15 Å². The third kappa shape index (κ3) is 3.67. The number of para-hydroxylation sites is 1. The van der Waals surface area contributed by atoms with Gasteiger partial charge >= 0.3 is 0 Å². The lowest BCUT2D eigenvalue weighted by Gasteiger charge is -2.13. The second-order valence-corrected chi connectivity index (χ2v) is 5.66. The summed E-state index contributed by atoms with van der Waals surface area (Å²) in [7, 11) is 0. The van der Waals surface area contributed by atoms with E-state index in [-0.39, 0.29) is 12.0 Å². The van der Waals surface area contributed by atoms with E-state index in [1.54, 1.807) is 24.3 Å². The van der Waals surface area contributed by atoms with Gasteiger partial charge in [0.2, 0.25) is 5.43 Å². The van der Waals surface area contributed by atoms with Gasteiger partial charge in [0, 0.05) is 0 Å². The van der Waals surface area contributed by atoms with Crippen molar-refractivity contribution < 1.29 is 9.15 Å². The van der Waals surface area contributed by atoms with Crippen LogP contribution in [0, 0.1) is 11.8 Å². The van der Waals surface area contributed by atoms with Gasteiger partial charge in [0.25, 0.3) is 0 Å². The van der Waals surface area contributed by atoms with E-state index in [0.29, 0.717) is 27.7 Å². The summed E-state index contributed by atoms with van der Waals surface area (Å²) in [5, 5.41) is 1.02. The SMILES string of the molecule is CCN(CC)CC#CCOc1cccc2oc3ccccc3c(=O)c12. The Morgan fingerprint density at radius 3 is 2.56 bits per heavy atom. The lowest BCUT2D eigenvalue weighted by Crippen LogP contribution is -2.22. The third-order valence-corrected chi connectivity index (χ3v) is 4.19. The summed E-state index contributed by atoms with van der Waals surface area (Å²) in [5.74, 6) is 6.62. The normalized spacial score (nSPS) is 10.8. The summed E-state index contributed by atoms with van der Waals surface area (Å²) in [6.07, 6.45) is 0. The minimum absolute atomic E-state index is 0.0800. The van der Waals surface area contributed by atoms with Crippen LogP contribution < -0.4 is 10.2 Å². The Morgan fingerprint density at radius 1 is 1.00 bits per heavy atom. The van der Waals surface area contributed by atoms with Crippen molar-refractivity contribution in [2.24, 2.45) is 0 Å². The Hall–Kier alpha value is -2.77. The Labute approximate surface area is 147 Å². The molecule has 2 aromatic carbocycles. The smallest absolute Gasteiger partial charge is 0.204 e. The molecular weight excluding hydrogens is 314 g/mol. The molecule has 4 heteroatoms. The third-order valence-electron chi connectivity index (χ3n) is 4.19. The van der Waals surface area contributed by atoms with Crippen molar-refractivity contribution in [3.8, 4) is 17.6 Å². The van der Waals surface area contributed by atoms with Crippen LogP contribution in [0.25, 0.3) is 21.9 Å². The molecule has 0 saturated heterocycles. The molecular formula is C21H21NO3. The number of hydrogen-bond donors (Lipinski definition) is 0. The van der Waals surface area contributed by atoms with Crippen LogP contribution in [0.2, 0.25) is 0 Å². The molecule has 3 rings (SSSR count). The van der Waals surface area contributed by atoms with E-state index in [1.165, 1.54) is 0 Å². The van der Waals surface area contributed by atoms with Gasteiger partial charge in [0.15, 0.2) is 0 Å².